The second-order valence-corrected chi connectivity index (χ2v) is 7.33. The Morgan fingerprint density at radius 1 is 1.00 bits per heavy atom. The molecule has 1 N–H and O–H groups in total. The van der Waals surface area contributed by atoms with Crippen LogP contribution in [0.5, 0.6) is 0 Å². The molecule has 2 aromatic rings. The van der Waals surface area contributed by atoms with Crippen molar-refractivity contribution in [2.24, 2.45) is 0 Å². The van der Waals surface area contributed by atoms with Gasteiger partial charge in [-0.1, -0.05) is 48.5 Å². The van der Waals surface area contributed by atoms with Gasteiger partial charge in [0, 0.05) is 23.4 Å². The molecule has 0 fully saturated rings. The Labute approximate surface area is 133 Å². The maximum Gasteiger partial charge on any atom is 0.130 e. The van der Waals surface area contributed by atoms with Crippen LogP contribution in [-0.2, 0) is 10.3 Å². The van der Waals surface area contributed by atoms with Crippen LogP contribution < -0.4 is 5.09 Å². The normalized spacial score (nSPS) is 12.0. The lowest BCUT2D eigenvalue weighted by atomic mass is 10.2. The lowest BCUT2D eigenvalue weighted by Gasteiger charge is -2.18. The summed E-state index contributed by atoms with van der Waals surface area (Å²) in [5.41, 5.74) is 2.53. The van der Waals surface area contributed by atoms with Crippen LogP contribution in [0.3, 0.4) is 0 Å². The van der Waals surface area contributed by atoms with Gasteiger partial charge in [0.1, 0.15) is 8.30 Å². The Morgan fingerprint density at radius 3 is 2.33 bits per heavy atom. The molecule has 0 aliphatic carbocycles. The molecule has 0 aromatic heterocycles. The van der Waals surface area contributed by atoms with Crippen LogP contribution in [0, 0.1) is 0 Å². The van der Waals surface area contributed by atoms with Crippen molar-refractivity contribution < 1.29 is 4.52 Å². The molecule has 0 aliphatic heterocycles. The molecule has 0 heterocycles. The maximum absolute atomic E-state index is 5.84. The molecule has 0 amide bonds. The van der Waals surface area contributed by atoms with Crippen molar-refractivity contribution >= 4 is 25.7 Å². The average molecular weight is 319 g/mol. The molecule has 0 radical (unpaired) electrons. The Hall–Kier alpha value is -1.02. The van der Waals surface area contributed by atoms with E-state index < -0.39 is 8.30 Å². The van der Waals surface area contributed by atoms with Crippen molar-refractivity contribution in [1.82, 2.24) is 0 Å². The molecule has 0 saturated heterocycles. The summed E-state index contributed by atoms with van der Waals surface area (Å²) in [5, 5.41) is 3.51. The fraction of sp³-hybridized carbons (Fsp3) is 0.294. The number of para-hydroxylation sites is 1. The molecular weight excluding hydrogens is 297 g/mol. The number of hydrogen-bond acceptors (Lipinski definition) is 3. The average Bonchev–Trinajstić information content (AvgIpc) is 2.54. The van der Waals surface area contributed by atoms with Gasteiger partial charge in [0.2, 0.25) is 0 Å². The predicted molar refractivity (Wildman–Crippen MR) is 96.1 cm³/mol. The maximum atomic E-state index is 5.84. The van der Waals surface area contributed by atoms with Crippen LogP contribution in [0.2, 0.25) is 0 Å². The quantitative estimate of drug-likeness (QED) is 0.495. The van der Waals surface area contributed by atoms with Gasteiger partial charge in [0.25, 0.3) is 0 Å². The fourth-order valence-electron chi connectivity index (χ4n) is 1.88. The van der Waals surface area contributed by atoms with E-state index >= 15 is 0 Å². The second kappa shape index (κ2) is 9.83. The summed E-state index contributed by atoms with van der Waals surface area (Å²) in [6, 6.07) is 20.9. The molecule has 0 spiro atoms. The highest BCUT2D eigenvalue weighted by atomic mass is 32.2. The van der Waals surface area contributed by atoms with Crippen LogP contribution in [0.15, 0.2) is 60.7 Å². The SMILES string of the molecule is CCOP(CCSCc1ccccc1)Nc1ccccc1. The lowest BCUT2D eigenvalue weighted by molar-refractivity contribution is 0.381. The van der Waals surface area contributed by atoms with Crippen molar-refractivity contribution in [3.8, 4) is 0 Å². The van der Waals surface area contributed by atoms with Gasteiger partial charge >= 0.3 is 0 Å². The van der Waals surface area contributed by atoms with Gasteiger partial charge in [0.15, 0.2) is 0 Å². The molecule has 21 heavy (non-hydrogen) atoms. The zero-order valence-electron chi connectivity index (χ0n) is 12.4. The number of hydrogen-bond donors (Lipinski definition) is 1. The highest BCUT2D eigenvalue weighted by Crippen LogP contribution is 2.38. The highest BCUT2D eigenvalue weighted by molar-refractivity contribution is 7.98. The first-order chi connectivity index (χ1) is 10.4. The van der Waals surface area contributed by atoms with Gasteiger partial charge in [0.05, 0.1) is 6.61 Å². The molecule has 0 saturated carbocycles. The standard InChI is InChI=1S/C17H22NOPS/c1-2-19-20(18-17-11-7-4-8-12-17)13-14-21-15-16-9-5-3-6-10-16/h3-12,18H,2,13-15H2,1H3. The van der Waals surface area contributed by atoms with Crippen LogP contribution in [0.25, 0.3) is 0 Å². The topological polar surface area (TPSA) is 21.3 Å². The van der Waals surface area contributed by atoms with E-state index in [1.807, 2.05) is 30.0 Å². The number of benzene rings is 2. The summed E-state index contributed by atoms with van der Waals surface area (Å²) in [4.78, 5) is 0. The van der Waals surface area contributed by atoms with Crippen LogP contribution in [0.1, 0.15) is 12.5 Å². The molecule has 0 bridgehead atoms. The molecule has 2 aromatic carbocycles. The van der Waals surface area contributed by atoms with E-state index in [4.69, 9.17) is 4.52 Å². The fourth-order valence-corrected chi connectivity index (χ4v) is 4.68. The Morgan fingerprint density at radius 2 is 1.67 bits per heavy atom. The Balaban J connectivity index is 1.72. The van der Waals surface area contributed by atoms with Crippen molar-refractivity contribution in [3.05, 3.63) is 66.2 Å². The van der Waals surface area contributed by atoms with E-state index in [1.165, 1.54) is 5.56 Å². The monoisotopic (exact) mass is 319 g/mol. The summed E-state index contributed by atoms with van der Waals surface area (Å²) in [6.45, 7) is 2.81. The van der Waals surface area contributed by atoms with Gasteiger partial charge in [-0.2, -0.15) is 11.8 Å². The third kappa shape index (κ3) is 6.52. The van der Waals surface area contributed by atoms with E-state index in [9.17, 15) is 0 Å². The lowest BCUT2D eigenvalue weighted by Crippen LogP contribution is -2.02. The summed E-state index contributed by atoms with van der Waals surface area (Å²) >= 11 is 1.97. The van der Waals surface area contributed by atoms with Crippen molar-refractivity contribution in [2.45, 2.75) is 12.7 Å². The van der Waals surface area contributed by atoms with Crippen LogP contribution >= 0.6 is 20.1 Å². The van der Waals surface area contributed by atoms with Gasteiger partial charge in [-0.05, 0) is 24.6 Å². The summed E-state index contributed by atoms with van der Waals surface area (Å²) in [6.07, 6.45) is 1.07. The predicted octanol–water partition coefficient (Wildman–Crippen LogP) is 5.38. The zero-order chi connectivity index (χ0) is 14.8. The first-order valence-corrected chi connectivity index (χ1v) is 9.82. The smallest absolute Gasteiger partial charge is 0.130 e. The van der Waals surface area contributed by atoms with Crippen molar-refractivity contribution in [3.63, 3.8) is 0 Å². The number of anilines is 1. The minimum Gasteiger partial charge on any atom is -0.343 e. The highest BCUT2D eigenvalue weighted by Gasteiger charge is 2.08. The van der Waals surface area contributed by atoms with Crippen molar-refractivity contribution in [2.75, 3.05) is 23.6 Å². The second-order valence-electron chi connectivity index (χ2n) is 4.54. The zero-order valence-corrected chi connectivity index (χ0v) is 14.1. The van der Waals surface area contributed by atoms with E-state index in [1.54, 1.807) is 0 Å². The minimum atomic E-state index is -0.588. The number of thioether (sulfide) groups is 1. The summed E-state index contributed by atoms with van der Waals surface area (Å²) in [7, 11) is -0.588. The number of nitrogens with one attached hydrogen (secondary N) is 1. The van der Waals surface area contributed by atoms with E-state index in [-0.39, 0.29) is 0 Å². The molecule has 1 unspecified atom stereocenters. The van der Waals surface area contributed by atoms with Gasteiger partial charge in [-0.15, -0.1) is 0 Å². The Kier molecular flexibility index (Phi) is 7.66. The third-order valence-electron chi connectivity index (χ3n) is 2.86. The minimum absolute atomic E-state index is 0.588. The molecule has 112 valence electrons. The first-order valence-electron chi connectivity index (χ1n) is 7.22. The van der Waals surface area contributed by atoms with Crippen LogP contribution in [0.4, 0.5) is 5.69 Å². The van der Waals surface area contributed by atoms with Crippen LogP contribution in [-0.4, -0.2) is 18.5 Å². The summed E-state index contributed by atoms with van der Waals surface area (Å²) < 4.78 is 5.84. The largest absolute Gasteiger partial charge is 0.343 e. The van der Waals surface area contributed by atoms with Gasteiger partial charge < -0.3 is 9.61 Å². The molecule has 2 nitrogen and oxygen atoms in total. The summed E-state index contributed by atoms with van der Waals surface area (Å²) in [5.74, 6) is 2.18. The molecule has 4 heteroatoms. The van der Waals surface area contributed by atoms with E-state index in [0.29, 0.717) is 0 Å². The first kappa shape index (κ1) is 16.4. The molecule has 1 atom stereocenters. The third-order valence-corrected chi connectivity index (χ3v) is 5.90. The van der Waals surface area contributed by atoms with Crippen molar-refractivity contribution in [1.29, 1.82) is 0 Å². The Bertz CT molecular complexity index is 495. The van der Waals surface area contributed by atoms with E-state index in [0.717, 1.165) is 30.0 Å². The molecule has 0 aliphatic rings. The molecular formula is C17H22NOPS. The molecule has 2 rings (SSSR count). The van der Waals surface area contributed by atoms with E-state index in [2.05, 4.69) is 54.5 Å². The number of rotatable bonds is 9. The van der Waals surface area contributed by atoms with Gasteiger partial charge in [-0.25, -0.2) is 0 Å². The van der Waals surface area contributed by atoms with Gasteiger partial charge in [-0.3, -0.25) is 0 Å².